The smallest absolute Gasteiger partial charge is 0.254 e. The van der Waals surface area contributed by atoms with Crippen molar-refractivity contribution in [3.8, 4) is 16.9 Å². The minimum Gasteiger partial charge on any atom is -0.378 e. The molecule has 0 N–H and O–H groups in total. The zero-order valence-corrected chi connectivity index (χ0v) is 19.6. The highest BCUT2D eigenvalue weighted by molar-refractivity contribution is 7.84. The van der Waals surface area contributed by atoms with Crippen LogP contribution in [0, 0.1) is 12.7 Å². The van der Waals surface area contributed by atoms with Gasteiger partial charge in [0.05, 0.1) is 29.5 Å². The van der Waals surface area contributed by atoms with Gasteiger partial charge in [0, 0.05) is 47.6 Å². The lowest BCUT2D eigenvalue weighted by Gasteiger charge is -2.26. The van der Waals surface area contributed by atoms with E-state index < -0.39 is 10.8 Å². The maximum absolute atomic E-state index is 14.3. The van der Waals surface area contributed by atoms with Crippen molar-refractivity contribution in [3.05, 3.63) is 71.7 Å². The first-order valence-electron chi connectivity index (χ1n) is 10.9. The lowest BCUT2D eigenvalue weighted by Crippen LogP contribution is -2.40. The predicted molar refractivity (Wildman–Crippen MR) is 128 cm³/mol. The number of ether oxygens (including phenoxy) is 1. The first kappa shape index (κ1) is 22.4. The van der Waals surface area contributed by atoms with Crippen molar-refractivity contribution in [3.63, 3.8) is 0 Å². The van der Waals surface area contributed by atoms with E-state index in [0.717, 1.165) is 5.56 Å². The van der Waals surface area contributed by atoms with Crippen molar-refractivity contribution in [2.24, 2.45) is 0 Å². The Morgan fingerprint density at radius 1 is 1.09 bits per heavy atom. The van der Waals surface area contributed by atoms with Gasteiger partial charge in [-0.2, -0.15) is 5.10 Å². The Kier molecular flexibility index (Phi) is 5.97. The van der Waals surface area contributed by atoms with Gasteiger partial charge >= 0.3 is 0 Å². The van der Waals surface area contributed by atoms with E-state index in [0.29, 0.717) is 64.7 Å². The summed E-state index contributed by atoms with van der Waals surface area (Å²) in [6.45, 7) is 4.02. The lowest BCUT2D eigenvalue weighted by atomic mass is 10.0. The van der Waals surface area contributed by atoms with E-state index in [1.165, 1.54) is 6.07 Å². The number of amides is 1. The molecule has 0 spiro atoms. The van der Waals surface area contributed by atoms with Gasteiger partial charge in [0.1, 0.15) is 5.82 Å². The number of aromatic nitrogens is 3. The summed E-state index contributed by atoms with van der Waals surface area (Å²) in [7, 11) is -1.34. The van der Waals surface area contributed by atoms with Crippen LogP contribution in [0.2, 0.25) is 0 Å². The summed E-state index contributed by atoms with van der Waals surface area (Å²) in [5.41, 5.74) is 3.21. The molecule has 3 heterocycles. The number of hydrogen-bond acceptors (Lipinski definition) is 5. The van der Waals surface area contributed by atoms with E-state index in [2.05, 4.69) is 10.1 Å². The van der Waals surface area contributed by atoms with Gasteiger partial charge in [0.2, 0.25) is 0 Å². The van der Waals surface area contributed by atoms with Crippen LogP contribution in [0.4, 0.5) is 4.39 Å². The Morgan fingerprint density at radius 3 is 2.59 bits per heavy atom. The number of fused-ring (bicyclic) bond motifs is 1. The summed E-state index contributed by atoms with van der Waals surface area (Å²) in [5.74, 6) is 0.0736. The molecule has 1 saturated heterocycles. The quantitative estimate of drug-likeness (QED) is 0.447. The van der Waals surface area contributed by atoms with Gasteiger partial charge in [-0.05, 0) is 49.4 Å². The largest absolute Gasteiger partial charge is 0.378 e. The average molecular weight is 479 g/mol. The van der Waals surface area contributed by atoms with Gasteiger partial charge in [0.15, 0.2) is 10.8 Å². The SMILES string of the molecule is Cc1ccc(F)c(-c2ccc(-n3nc([S@@](C)=O)c4ccc(C(=O)N5CCOCC5)cc43)nc2)c1. The summed E-state index contributed by atoms with van der Waals surface area (Å²) in [6, 6.07) is 13.7. The third kappa shape index (κ3) is 4.12. The molecule has 1 fully saturated rings. The highest BCUT2D eigenvalue weighted by atomic mass is 32.2. The van der Waals surface area contributed by atoms with Crippen molar-refractivity contribution in [1.29, 1.82) is 0 Å². The van der Waals surface area contributed by atoms with Gasteiger partial charge < -0.3 is 9.64 Å². The summed E-state index contributed by atoms with van der Waals surface area (Å²) in [5, 5.41) is 5.64. The van der Waals surface area contributed by atoms with Crippen molar-refractivity contribution in [2.75, 3.05) is 32.6 Å². The molecule has 9 heteroatoms. The number of benzene rings is 2. The summed E-state index contributed by atoms with van der Waals surface area (Å²) in [6.07, 6.45) is 3.15. The summed E-state index contributed by atoms with van der Waals surface area (Å²) in [4.78, 5) is 19.3. The lowest BCUT2D eigenvalue weighted by molar-refractivity contribution is 0.0303. The van der Waals surface area contributed by atoms with Crippen molar-refractivity contribution in [1.82, 2.24) is 19.7 Å². The maximum atomic E-state index is 14.3. The van der Waals surface area contributed by atoms with Crippen LogP contribution >= 0.6 is 0 Å². The van der Waals surface area contributed by atoms with Crippen molar-refractivity contribution < 1.29 is 18.1 Å². The standard InChI is InChI=1S/C25H23FN4O3S/c1-16-3-7-21(26)20(13-16)18-5-8-23(27-15-18)30-22-14-17(25(31)29-9-11-33-12-10-29)4-6-19(22)24(28-30)34(2)32/h3-8,13-15H,9-12H2,1-2H3/t34-/m1/s1. The molecule has 7 nitrogen and oxygen atoms in total. The summed E-state index contributed by atoms with van der Waals surface area (Å²) < 4.78 is 33.6. The zero-order valence-electron chi connectivity index (χ0n) is 18.8. The van der Waals surface area contributed by atoms with E-state index in [4.69, 9.17) is 4.74 Å². The second-order valence-corrected chi connectivity index (χ2v) is 9.49. The van der Waals surface area contributed by atoms with Gasteiger partial charge in [-0.25, -0.2) is 14.1 Å². The third-order valence-corrected chi connectivity index (χ3v) is 6.71. The number of carbonyl (C=O) groups is 1. The van der Waals surface area contributed by atoms with Crippen LogP contribution in [0.1, 0.15) is 15.9 Å². The van der Waals surface area contributed by atoms with Crippen LogP contribution in [0.25, 0.3) is 27.8 Å². The molecular weight excluding hydrogens is 455 g/mol. The Morgan fingerprint density at radius 2 is 1.88 bits per heavy atom. The summed E-state index contributed by atoms with van der Waals surface area (Å²) >= 11 is 0. The number of rotatable bonds is 4. The molecule has 1 atom stereocenters. The zero-order chi connectivity index (χ0) is 23.8. The van der Waals surface area contributed by atoms with Gasteiger partial charge in [0.25, 0.3) is 5.91 Å². The molecule has 0 unspecified atom stereocenters. The number of carbonyl (C=O) groups excluding carboxylic acids is 1. The van der Waals surface area contributed by atoms with Crippen LogP contribution in [0.15, 0.2) is 59.8 Å². The normalized spacial score (nSPS) is 15.0. The molecule has 1 amide bonds. The molecule has 174 valence electrons. The molecule has 4 aromatic rings. The van der Waals surface area contributed by atoms with Crippen LogP contribution in [-0.2, 0) is 15.5 Å². The highest BCUT2D eigenvalue weighted by Gasteiger charge is 2.22. The minimum atomic E-state index is -1.34. The van der Waals surface area contributed by atoms with Gasteiger partial charge in [-0.1, -0.05) is 11.6 Å². The maximum Gasteiger partial charge on any atom is 0.254 e. The molecule has 0 bridgehead atoms. The number of pyridine rings is 1. The number of aryl methyl sites for hydroxylation is 1. The fraction of sp³-hybridized carbons (Fsp3) is 0.240. The molecule has 0 saturated carbocycles. The van der Waals surface area contributed by atoms with E-state index >= 15 is 0 Å². The second-order valence-electron chi connectivity index (χ2n) is 8.20. The predicted octanol–water partition coefficient (Wildman–Crippen LogP) is 3.74. The van der Waals surface area contributed by atoms with Crippen LogP contribution in [0.3, 0.4) is 0 Å². The number of halogens is 1. The van der Waals surface area contributed by atoms with Crippen molar-refractivity contribution in [2.45, 2.75) is 11.9 Å². The van der Waals surface area contributed by atoms with Crippen LogP contribution < -0.4 is 0 Å². The molecule has 0 radical (unpaired) electrons. The van der Waals surface area contributed by atoms with Gasteiger partial charge in [-0.3, -0.25) is 9.00 Å². The Balaban J connectivity index is 1.57. The first-order chi connectivity index (χ1) is 16.4. The Bertz CT molecular complexity index is 1410. The second kappa shape index (κ2) is 9.08. The van der Waals surface area contributed by atoms with E-state index in [1.807, 2.05) is 6.92 Å². The number of morpholine rings is 1. The molecule has 5 rings (SSSR count). The first-order valence-corrected chi connectivity index (χ1v) is 12.4. The topological polar surface area (TPSA) is 77.3 Å². The fourth-order valence-corrected chi connectivity index (χ4v) is 4.77. The molecular formula is C25H23FN4O3S. The molecule has 0 aliphatic carbocycles. The third-order valence-electron chi connectivity index (χ3n) is 5.86. The van der Waals surface area contributed by atoms with Crippen LogP contribution in [-0.4, -0.2) is 62.3 Å². The Hall–Kier alpha value is -3.43. The fourth-order valence-electron chi connectivity index (χ4n) is 4.09. The number of hydrogen-bond donors (Lipinski definition) is 0. The minimum absolute atomic E-state index is 0.0876. The van der Waals surface area contributed by atoms with E-state index in [9.17, 15) is 13.4 Å². The number of nitrogens with zero attached hydrogens (tertiary/aromatic N) is 4. The van der Waals surface area contributed by atoms with Gasteiger partial charge in [-0.15, -0.1) is 0 Å². The average Bonchev–Trinajstić information content (AvgIpc) is 3.25. The molecule has 2 aromatic carbocycles. The molecule has 1 aliphatic heterocycles. The molecule has 34 heavy (non-hydrogen) atoms. The highest BCUT2D eigenvalue weighted by Crippen LogP contribution is 2.28. The van der Waals surface area contributed by atoms with Crippen molar-refractivity contribution >= 4 is 27.6 Å². The monoisotopic (exact) mass is 478 g/mol. The molecule has 2 aromatic heterocycles. The van der Waals surface area contributed by atoms with E-state index in [-0.39, 0.29) is 11.7 Å². The molecule has 1 aliphatic rings. The van der Waals surface area contributed by atoms with Crippen LogP contribution in [0.5, 0.6) is 0 Å². The van der Waals surface area contributed by atoms with E-state index in [1.54, 1.807) is 64.5 Å². The Labute approximate surface area is 198 Å².